The molecule has 1 saturated heterocycles. The van der Waals surface area contributed by atoms with Gasteiger partial charge in [0, 0.05) is 33.3 Å². The molecule has 9 heteroatoms. The number of sulfonamides is 1. The van der Waals surface area contributed by atoms with Crippen LogP contribution in [0.5, 0.6) is 0 Å². The largest absolute Gasteiger partial charge is 0.377 e. The lowest BCUT2D eigenvalue weighted by molar-refractivity contribution is 0.114. The van der Waals surface area contributed by atoms with E-state index in [4.69, 9.17) is 4.74 Å². The highest BCUT2D eigenvalue weighted by molar-refractivity contribution is 14.0. The first-order chi connectivity index (χ1) is 12.0. The number of benzene rings is 1. The molecule has 1 aromatic rings. The summed E-state index contributed by atoms with van der Waals surface area (Å²) in [4.78, 5) is 4.40. The van der Waals surface area contributed by atoms with E-state index >= 15 is 0 Å². The molecule has 1 aliphatic rings. The Morgan fingerprint density at radius 3 is 2.58 bits per heavy atom. The van der Waals surface area contributed by atoms with Gasteiger partial charge in [0.15, 0.2) is 5.96 Å². The highest BCUT2D eigenvalue weighted by Gasteiger charge is 2.20. The molecule has 2 rings (SSSR count). The van der Waals surface area contributed by atoms with E-state index in [-0.39, 0.29) is 35.0 Å². The van der Waals surface area contributed by atoms with E-state index in [2.05, 4.69) is 27.3 Å². The Kier molecular flexibility index (Phi) is 10.4. The van der Waals surface area contributed by atoms with Gasteiger partial charge in [-0.15, -0.1) is 24.0 Å². The minimum absolute atomic E-state index is 0. The summed E-state index contributed by atoms with van der Waals surface area (Å²) in [5.74, 6) is 0.733. The number of guanidine groups is 1. The summed E-state index contributed by atoms with van der Waals surface area (Å²) in [6, 6.07) is 6.86. The number of ether oxygens (including phenoxy) is 1. The number of aliphatic imine (C=N–C) groups is 1. The van der Waals surface area contributed by atoms with Gasteiger partial charge in [-0.1, -0.05) is 19.1 Å². The molecular weight excluding hydrogens is 467 g/mol. The molecule has 0 radical (unpaired) electrons. The summed E-state index contributed by atoms with van der Waals surface area (Å²) in [7, 11) is -1.78. The molecule has 148 valence electrons. The fraction of sp³-hybridized carbons (Fsp3) is 0.588. The van der Waals surface area contributed by atoms with E-state index in [1.54, 1.807) is 31.3 Å². The molecule has 0 aliphatic carbocycles. The van der Waals surface area contributed by atoms with E-state index in [0.717, 1.165) is 37.3 Å². The first-order valence-corrected chi connectivity index (χ1v) is 10.2. The lowest BCUT2D eigenvalue weighted by Gasteiger charge is -2.13. The lowest BCUT2D eigenvalue weighted by Crippen LogP contribution is -2.37. The first-order valence-electron chi connectivity index (χ1n) is 8.70. The Hall–Kier alpha value is -0.910. The van der Waals surface area contributed by atoms with Crippen LogP contribution >= 0.6 is 24.0 Å². The molecule has 1 aliphatic heterocycles. The predicted molar refractivity (Wildman–Crippen MR) is 115 cm³/mol. The van der Waals surface area contributed by atoms with Gasteiger partial charge in [0.1, 0.15) is 0 Å². The van der Waals surface area contributed by atoms with Crippen LogP contribution in [0.3, 0.4) is 0 Å². The van der Waals surface area contributed by atoms with E-state index < -0.39 is 10.0 Å². The van der Waals surface area contributed by atoms with E-state index in [1.807, 2.05) is 0 Å². The summed E-state index contributed by atoms with van der Waals surface area (Å²) < 4.78 is 32.7. The van der Waals surface area contributed by atoms with Crippen LogP contribution in [0.25, 0.3) is 0 Å². The van der Waals surface area contributed by atoms with E-state index in [1.165, 1.54) is 0 Å². The number of rotatable bonds is 8. The van der Waals surface area contributed by atoms with Crippen LogP contribution < -0.4 is 15.4 Å². The molecule has 1 atom stereocenters. The third-order valence-corrected chi connectivity index (χ3v) is 5.42. The molecule has 0 aromatic heterocycles. The molecule has 0 bridgehead atoms. The van der Waals surface area contributed by atoms with Crippen molar-refractivity contribution >= 4 is 40.0 Å². The molecule has 0 spiro atoms. The second-order valence-corrected chi connectivity index (χ2v) is 7.75. The van der Waals surface area contributed by atoms with Crippen LogP contribution in [0.15, 0.2) is 34.2 Å². The summed E-state index contributed by atoms with van der Waals surface area (Å²) in [5, 5.41) is 6.39. The van der Waals surface area contributed by atoms with Crippen molar-refractivity contribution < 1.29 is 13.2 Å². The van der Waals surface area contributed by atoms with Crippen LogP contribution in [0.1, 0.15) is 31.7 Å². The Labute approximate surface area is 173 Å². The topological polar surface area (TPSA) is 91.8 Å². The quantitative estimate of drug-likeness (QED) is 0.290. The molecule has 0 amide bonds. The van der Waals surface area contributed by atoms with Gasteiger partial charge >= 0.3 is 0 Å². The summed E-state index contributed by atoms with van der Waals surface area (Å²) in [5.41, 5.74) is 0.984. The fourth-order valence-electron chi connectivity index (χ4n) is 2.53. The zero-order chi connectivity index (χ0) is 18.1. The summed E-state index contributed by atoms with van der Waals surface area (Å²) in [6.45, 7) is 4.56. The van der Waals surface area contributed by atoms with Gasteiger partial charge in [-0.3, -0.25) is 4.99 Å². The number of hydrogen-bond donors (Lipinski definition) is 3. The third-order valence-electron chi connectivity index (χ3n) is 3.98. The molecule has 1 fully saturated rings. The lowest BCUT2D eigenvalue weighted by atomic mass is 10.2. The minimum atomic E-state index is -3.50. The van der Waals surface area contributed by atoms with Crippen LogP contribution in [0.2, 0.25) is 0 Å². The standard InChI is InChI=1S/C17H28N4O3S.HI/c1-3-10-19-17(18-2)20-12-14-6-8-16(9-7-14)25(22,23)21-13-15-5-4-11-24-15;/h6-9,15,21H,3-5,10-13H2,1-2H3,(H2,18,19,20);1H. The molecule has 0 saturated carbocycles. The van der Waals surface area contributed by atoms with Crippen LogP contribution in [0.4, 0.5) is 0 Å². The van der Waals surface area contributed by atoms with Crippen molar-refractivity contribution in [3.63, 3.8) is 0 Å². The van der Waals surface area contributed by atoms with Gasteiger partial charge in [0.2, 0.25) is 10.0 Å². The number of hydrogen-bond acceptors (Lipinski definition) is 4. The average Bonchev–Trinajstić information content (AvgIpc) is 3.14. The molecule has 1 aromatic carbocycles. The van der Waals surface area contributed by atoms with Gasteiger partial charge in [-0.25, -0.2) is 13.1 Å². The van der Waals surface area contributed by atoms with Gasteiger partial charge in [0.25, 0.3) is 0 Å². The number of halogens is 1. The summed E-state index contributed by atoms with van der Waals surface area (Å²) in [6.07, 6.45) is 2.90. The van der Waals surface area contributed by atoms with Gasteiger partial charge in [-0.2, -0.15) is 0 Å². The fourth-order valence-corrected chi connectivity index (χ4v) is 3.59. The normalized spacial score (nSPS) is 17.6. The third kappa shape index (κ3) is 7.37. The van der Waals surface area contributed by atoms with E-state index in [9.17, 15) is 8.42 Å². The highest BCUT2D eigenvalue weighted by Crippen LogP contribution is 2.14. The van der Waals surface area contributed by atoms with Gasteiger partial charge < -0.3 is 15.4 Å². The van der Waals surface area contributed by atoms with Crippen molar-refractivity contribution in [1.82, 2.24) is 15.4 Å². The molecule has 1 unspecified atom stereocenters. The van der Waals surface area contributed by atoms with Crippen molar-refractivity contribution in [1.29, 1.82) is 0 Å². The molecule has 26 heavy (non-hydrogen) atoms. The number of nitrogens with one attached hydrogen (secondary N) is 3. The minimum Gasteiger partial charge on any atom is -0.377 e. The predicted octanol–water partition coefficient (Wildman–Crippen LogP) is 1.84. The zero-order valence-corrected chi connectivity index (χ0v) is 18.5. The highest BCUT2D eigenvalue weighted by atomic mass is 127. The molecular formula is C17H29IN4O3S. The maximum atomic E-state index is 12.3. The van der Waals surface area contributed by atoms with Gasteiger partial charge in [-0.05, 0) is 37.0 Å². The van der Waals surface area contributed by atoms with Crippen LogP contribution in [0, 0.1) is 0 Å². The van der Waals surface area contributed by atoms with E-state index in [0.29, 0.717) is 19.7 Å². The van der Waals surface area contributed by atoms with Crippen molar-refractivity contribution in [3.05, 3.63) is 29.8 Å². The molecule has 1 heterocycles. The smallest absolute Gasteiger partial charge is 0.240 e. The Morgan fingerprint density at radius 2 is 2.00 bits per heavy atom. The average molecular weight is 496 g/mol. The Morgan fingerprint density at radius 1 is 1.27 bits per heavy atom. The van der Waals surface area contributed by atoms with Crippen LogP contribution in [-0.4, -0.2) is 47.2 Å². The Bertz CT molecular complexity index is 659. The molecule has 3 N–H and O–H groups in total. The van der Waals surface area contributed by atoms with Crippen molar-refractivity contribution in [2.24, 2.45) is 4.99 Å². The van der Waals surface area contributed by atoms with Crippen molar-refractivity contribution in [3.8, 4) is 0 Å². The number of nitrogens with zero attached hydrogens (tertiary/aromatic N) is 1. The Balaban J connectivity index is 0.00000338. The second-order valence-electron chi connectivity index (χ2n) is 5.98. The second kappa shape index (κ2) is 11.7. The monoisotopic (exact) mass is 496 g/mol. The van der Waals surface area contributed by atoms with Crippen LogP contribution in [-0.2, 0) is 21.3 Å². The van der Waals surface area contributed by atoms with Gasteiger partial charge in [0.05, 0.1) is 11.0 Å². The van der Waals surface area contributed by atoms with Crippen molar-refractivity contribution in [2.45, 2.75) is 43.7 Å². The zero-order valence-electron chi connectivity index (χ0n) is 15.3. The maximum absolute atomic E-state index is 12.3. The summed E-state index contributed by atoms with van der Waals surface area (Å²) >= 11 is 0. The maximum Gasteiger partial charge on any atom is 0.240 e. The first kappa shape index (κ1) is 23.1. The van der Waals surface area contributed by atoms with Crippen molar-refractivity contribution in [2.75, 3.05) is 26.7 Å². The SMILES string of the molecule is CCCNC(=NC)NCc1ccc(S(=O)(=O)NCC2CCCO2)cc1.I. The molecule has 7 nitrogen and oxygen atoms in total.